The second-order valence-electron chi connectivity index (χ2n) is 9.68. The van der Waals surface area contributed by atoms with Gasteiger partial charge < -0.3 is 14.8 Å². The highest BCUT2D eigenvalue weighted by molar-refractivity contribution is 6.09. The molecule has 0 radical (unpaired) electrons. The largest absolute Gasteiger partial charge is 0.416 e. The number of halogens is 3. The molecule has 1 aliphatic heterocycles. The number of alkyl halides is 3. The summed E-state index contributed by atoms with van der Waals surface area (Å²) < 4.78 is 44.1. The maximum atomic E-state index is 13.7. The fraction of sp³-hybridized carbons (Fsp3) is 0.179. The molecule has 9 nitrogen and oxygen atoms in total. The summed E-state index contributed by atoms with van der Waals surface area (Å²) in [5.41, 5.74) is 2.42. The van der Waals surface area contributed by atoms with Crippen molar-refractivity contribution in [1.82, 2.24) is 23.9 Å². The van der Waals surface area contributed by atoms with Gasteiger partial charge in [-0.25, -0.2) is 9.97 Å². The van der Waals surface area contributed by atoms with E-state index in [1.54, 1.807) is 59.2 Å². The lowest BCUT2D eigenvalue weighted by atomic mass is 10.0. The number of anilines is 2. The second-order valence-corrected chi connectivity index (χ2v) is 9.68. The third-order valence-corrected chi connectivity index (χ3v) is 6.87. The van der Waals surface area contributed by atoms with Crippen LogP contribution in [0, 0.1) is 6.92 Å². The second kappa shape index (κ2) is 9.33. The number of amides is 2. The van der Waals surface area contributed by atoms with Gasteiger partial charge in [-0.3, -0.25) is 19.0 Å². The van der Waals surface area contributed by atoms with Crippen LogP contribution in [0.4, 0.5) is 24.5 Å². The van der Waals surface area contributed by atoms with Crippen LogP contribution in [0.5, 0.6) is 0 Å². The molecule has 4 heterocycles. The fourth-order valence-electron chi connectivity index (χ4n) is 4.90. The van der Waals surface area contributed by atoms with E-state index in [4.69, 9.17) is 0 Å². The van der Waals surface area contributed by atoms with E-state index in [9.17, 15) is 22.8 Å². The van der Waals surface area contributed by atoms with Crippen molar-refractivity contribution < 1.29 is 22.8 Å². The molecule has 3 aromatic heterocycles. The van der Waals surface area contributed by atoms with Crippen LogP contribution in [-0.4, -0.2) is 42.3 Å². The zero-order valence-corrected chi connectivity index (χ0v) is 21.3. The lowest BCUT2D eigenvalue weighted by molar-refractivity contribution is -0.137. The highest BCUT2D eigenvalue weighted by Gasteiger charge is 2.33. The number of benzene rings is 2. The van der Waals surface area contributed by atoms with Gasteiger partial charge in [0.05, 0.1) is 30.0 Å². The van der Waals surface area contributed by atoms with Crippen molar-refractivity contribution in [1.29, 1.82) is 0 Å². The topological polar surface area (TPSA) is 97.4 Å². The van der Waals surface area contributed by atoms with Crippen molar-refractivity contribution in [3.63, 3.8) is 0 Å². The Kier molecular flexibility index (Phi) is 5.90. The summed E-state index contributed by atoms with van der Waals surface area (Å²) in [4.78, 5) is 40.7. The molecule has 0 bridgehead atoms. The summed E-state index contributed by atoms with van der Waals surface area (Å²) >= 11 is 0. The van der Waals surface area contributed by atoms with Crippen LogP contribution in [0.15, 0.2) is 73.7 Å². The third kappa shape index (κ3) is 4.46. The minimum atomic E-state index is -4.62. The number of aromatic nitrogens is 5. The first-order valence-corrected chi connectivity index (χ1v) is 12.4. The van der Waals surface area contributed by atoms with E-state index in [0.717, 1.165) is 17.7 Å². The van der Waals surface area contributed by atoms with Crippen molar-refractivity contribution in [2.75, 3.05) is 16.8 Å². The molecule has 2 amide bonds. The molecule has 0 saturated heterocycles. The molecular weight excluding hydrogens is 523 g/mol. The van der Waals surface area contributed by atoms with E-state index in [1.165, 1.54) is 23.2 Å². The van der Waals surface area contributed by atoms with E-state index in [0.29, 0.717) is 29.3 Å². The van der Waals surface area contributed by atoms with Crippen LogP contribution in [-0.2, 0) is 6.18 Å². The smallest absolute Gasteiger partial charge is 0.322 e. The molecule has 0 fully saturated rings. The van der Waals surface area contributed by atoms with Crippen molar-refractivity contribution >= 4 is 28.8 Å². The molecule has 0 saturated carbocycles. The standard InChI is InChI=1S/C28H22F3N7O2/c1-16-13-38(27(40)24-11-33-25-12-32-5-6-37(24)25)23-7-18(3-4-22(16)23)26(39)35-20-8-19(28(29,30)31)9-21(10-20)36-14-17(2)34-15-36/h3-12,14-16H,13H2,1-2H3,(H,35,39). The van der Waals surface area contributed by atoms with Crippen LogP contribution in [0.25, 0.3) is 11.3 Å². The molecule has 1 unspecified atom stereocenters. The van der Waals surface area contributed by atoms with Gasteiger partial charge in [-0.1, -0.05) is 13.0 Å². The summed E-state index contributed by atoms with van der Waals surface area (Å²) in [7, 11) is 0. The lowest BCUT2D eigenvalue weighted by Crippen LogP contribution is -2.30. The first-order valence-electron chi connectivity index (χ1n) is 12.4. The predicted molar refractivity (Wildman–Crippen MR) is 141 cm³/mol. The summed E-state index contributed by atoms with van der Waals surface area (Å²) in [6, 6.07) is 8.28. The quantitative estimate of drug-likeness (QED) is 0.332. The molecule has 12 heteroatoms. The van der Waals surface area contributed by atoms with Gasteiger partial charge in [-0.2, -0.15) is 13.2 Å². The molecular formula is C28H22F3N7O2. The Morgan fingerprint density at radius 3 is 2.65 bits per heavy atom. The predicted octanol–water partition coefficient (Wildman–Crippen LogP) is 5.26. The van der Waals surface area contributed by atoms with Crippen molar-refractivity contribution in [2.45, 2.75) is 25.9 Å². The maximum absolute atomic E-state index is 13.7. The number of imidazole rings is 2. The zero-order valence-electron chi connectivity index (χ0n) is 21.3. The number of carbonyl (C=O) groups is 2. The molecule has 1 N–H and O–H groups in total. The van der Waals surface area contributed by atoms with E-state index in [-0.39, 0.29) is 28.8 Å². The molecule has 0 aliphatic carbocycles. The summed E-state index contributed by atoms with van der Waals surface area (Å²) in [6.07, 6.45) is 4.61. The van der Waals surface area contributed by atoms with E-state index in [1.807, 2.05) is 6.92 Å². The van der Waals surface area contributed by atoms with Gasteiger partial charge in [0.1, 0.15) is 5.69 Å². The number of hydrogen-bond donors (Lipinski definition) is 1. The SMILES string of the molecule is Cc1cn(-c2cc(NC(=O)c3ccc4c(c3)N(C(=O)c3cnc5cnccn35)CC4C)cc(C(F)(F)F)c2)cn1. The first-order chi connectivity index (χ1) is 19.1. The maximum Gasteiger partial charge on any atom is 0.416 e. The molecule has 40 heavy (non-hydrogen) atoms. The Hall–Kier alpha value is -5.00. The number of rotatable bonds is 4. The monoisotopic (exact) mass is 545 g/mol. The average Bonchev–Trinajstić information content (AvgIpc) is 3.64. The molecule has 1 aliphatic rings. The van der Waals surface area contributed by atoms with Gasteiger partial charge in [-0.15, -0.1) is 0 Å². The number of aryl methyl sites for hydroxylation is 1. The van der Waals surface area contributed by atoms with Crippen molar-refractivity contribution in [2.24, 2.45) is 0 Å². The normalized spacial score (nSPS) is 14.9. The Morgan fingerprint density at radius 1 is 1.07 bits per heavy atom. The highest BCUT2D eigenvalue weighted by Crippen LogP contribution is 2.38. The molecule has 1 atom stereocenters. The van der Waals surface area contributed by atoms with E-state index < -0.39 is 17.6 Å². The molecule has 202 valence electrons. The molecule has 0 spiro atoms. The molecule has 2 aromatic carbocycles. The minimum absolute atomic E-state index is 0.0153. The Morgan fingerprint density at radius 2 is 1.90 bits per heavy atom. The van der Waals surface area contributed by atoms with Gasteiger partial charge in [-0.05, 0) is 42.8 Å². The van der Waals surface area contributed by atoms with Crippen LogP contribution in [0.3, 0.4) is 0 Å². The summed E-state index contributed by atoms with van der Waals surface area (Å²) in [5.74, 6) is -0.885. The van der Waals surface area contributed by atoms with Gasteiger partial charge >= 0.3 is 6.18 Å². The number of carbonyl (C=O) groups excluding carboxylic acids is 2. The first kappa shape index (κ1) is 25.3. The number of fused-ring (bicyclic) bond motifs is 2. The highest BCUT2D eigenvalue weighted by atomic mass is 19.4. The number of hydrogen-bond acceptors (Lipinski definition) is 5. The van der Waals surface area contributed by atoms with Crippen LogP contribution in [0.2, 0.25) is 0 Å². The Bertz CT molecular complexity index is 1790. The fourth-order valence-corrected chi connectivity index (χ4v) is 4.90. The lowest BCUT2D eigenvalue weighted by Gasteiger charge is -2.18. The van der Waals surface area contributed by atoms with Crippen LogP contribution >= 0.6 is 0 Å². The zero-order chi connectivity index (χ0) is 28.2. The van der Waals surface area contributed by atoms with Crippen molar-refractivity contribution in [3.8, 4) is 5.69 Å². The van der Waals surface area contributed by atoms with Crippen LogP contribution in [0.1, 0.15) is 50.5 Å². The number of nitrogens with zero attached hydrogens (tertiary/aromatic N) is 6. The van der Waals surface area contributed by atoms with Crippen molar-refractivity contribution in [3.05, 3.63) is 102 Å². The third-order valence-electron chi connectivity index (χ3n) is 6.87. The summed E-state index contributed by atoms with van der Waals surface area (Å²) in [5, 5.41) is 2.59. The number of nitrogens with one attached hydrogen (secondary N) is 1. The molecule has 5 aromatic rings. The van der Waals surface area contributed by atoms with Gasteiger partial charge in [0, 0.05) is 53.7 Å². The van der Waals surface area contributed by atoms with Gasteiger partial charge in [0.25, 0.3) is 11.8 Å². The Labute approximate surface area is 225 Å². The minimum Gasteiger partial charge on any atom is -0.322 e. The Balaban J connectivity index is 1.32. The van der Waals surface area contributed by atoms with Gasteiger partial charge in [0.2, 0.25) is 0 Å². The van der Waals surface area contributed by atoms with Gasteiger partial charge in [0.15, 0.2) is 5.65 Å². The van der Waals surface area contributed by atoms with E-state index in [2.05, 4.69) is 20.3 Å². The average molecular weight is 546 g/mol. The summed E-state index contributed by atoms with van der Waals surface area (Å²) in [6.45, 7) is 4.10. The van der Waals surface area contributed by atoms with Crippen LogP contribution < -0.4 is 10.2 Å². The molecule has 6 rings (SSSR count). The van der Waals surface area contributed by atoms with E-state index >= 15 is 0 Å².